The van der Waals surface area contributed by atoms with E-state index in [2.05, 4.69) is 10.6 Å². The molecule has 1 amide bonds. The smallest absolute Gasteiger partial charge is 0.223 e. The fourth-order valence-electron chi connectivity index (χ4n) is 3.27. The first-order chi connectivity index (χ1) is 10.1. The Morgan fingerprint density at radius 3 is 2.52 bits per heavy atom. The Bertz CT molecular complexity index is 506. The van der Waals surface area contributed by atoms with Gasteiger partial charge in [0.25, 0.3) is 0 Å². The fraction of sp³-hybridized carbons (Fsp3) is 0.588. The Kier molecular flexibility index (Phi) is 3.98. The highest BCUT2D eigenvalue weighted by molar-refractivity contribution is 5.79. The minimum absolute atomic E-state index is 0.0148. The van der Waals surface area contributed by atoms with Crippen molar-refractivity contribution in [1.29, 1.82) is 0 Å². The van der Waals surface area contributed by atoms with E-state index in [9.17, 15) is 9.18 Å². The van der Waals surface area contributed by atoms with Crippen molar-refractivity contribution in [3.05, 3.63) is 35.6 Å². The van der Waals surface area contributed by atoms with E-state index in [1.54, 1.807) is 0 Å². The average Bonchev–Trinajstić information content (AvgIpc) is 2.37. The predicted molar refractivity (Wildman–Crippen MR) is 80.5 cm³/mol. The molecular weight excluding hydrogens is 267 g/mol. The molecule has 0 radical (unpaired) electrons. The van der Waals surface area contributed by atoms with Gasteiger partial charge in [-0.05, 0) is 49.5 Å². The first-order valence-electron chi connectivity index (χ1n) is 7.85. The van der Waals surface area contributed by atoms with Gasteiger partial charge in [0.15, 0.2) is 0 Å². The summed E-state index contributed by atoms with van der Waals surface area (Å²) in [5.41, 5.74) is 1.16. The third kappa shape index (κ3) is 2.82. The van der Waals surface area contributed by atoms with Crippen molar-refractivity contribution < 1.29 is 9.18 Å². The van der Waals surface area contributed by atoms with Gasteiger partial charge in [0.05, 0.1) is 0 Å². The lowest BCUT2D eigenvalue weighted by atomic mass is 9.64. The maximum atomic E-state index is 13.1. The van der Waals surface area contributed by atoms with E-state index in [0.717, 1.165) is 31.5 Å². The highest BCUT2D eigenvalue weighted by atomic mass is 19.1. The summed E-state index contributed by atoms with van der Waals surface area (Å²) in [6.07, 6.45) is 3.31. The van der Waals surface area contributed by atoms with Gasteiger partial charge in [-0.1, -0.05) is 25.5 Å². The van der Waals surface area contributed by atoms with Gasteiger partial charge >= 0.3 is 0 Å². The van der Waals surface area contributed by atoms with Gasteiger partial charge in [-0.25, -0.2) is 4.39 Å². The van der Waals surface area contributed by atoms with Gasteiger partial charge in [0.1, 0.15) is 5.82 Å². The molecule has 21 heavy (non-hydrogen) atoms. The van der Waals surface area contributed by atoms with Crippen LogP contribution >= 0.6 is 0 Å². The highest BCUT2D eigenvalue weighted by Gasteiger charge is 2.39. The molecule has 1 aliphatic heterocycles. The Morgan fingerprint density at radius 1 is 1.38 bits per heavy atom. The van der Waals surface area contributed by atoms with Crippen LogP contribution in [0.5, 0.6) is 0 Å². The summed E-state index contributed by atoms with van der Waals surface area (Å²) < 4.78 is 13.1. The second-order valence-electron chi connectivity index (χ2n) is 6.57. The molecule has 0 spiro atoms. The summed E-state index contributed by atoms with van der Waals surface area (Å²) in [5, 5.41) is 6.33. The molecule has 0 bridgehead atoms. The molecule has 3 rings (SSSR count). The van der Waals surface area contributed by atoms with E-state index in [1.165, 1.54) is 18.6 Å². The first-order valence-corrected chi connectivity index (χ1v) is 7.85. The summed E-state index contributed by atoms with van der Waals surface area (Å²) >= 11 is 0. The van der Waals surface area contributed by atoms with Crippen molar-refractivity contribution in [3.63, 3.8) is 0 Å². The van der Waals surface area contributed by atoms with Crippen molar-refractivity contribution in [2.75, 3.05) is 19.6 Å². The van der Waals surface area contributed by atoms with Crippen LogP contribution in [0, 0.1) is 17.7 Å². The Morgan fingerprint density at radius 2 is 2.05 bits per heavy atom. The van der Waals surface area contributed by atoms with Crippen LogP contribution in [0.3, 0.4) is 0 Å². The number of halogens is 1. The maximum Gasteiger partial charge on any atom is 0.223 e. The zero-order valence-electron chi connectivity index (χ0n) is 12.5. The van der Waals surface area contributed by atoms with Crippen LogP contribution in [-0.2, 0) is 10.2 Å². The number of rotatable bonds is 5. The molecule has 1 aliphatic carbocycles. The monoisotopic (exact) mass is 290 g/mol. The van der Waals surface area contributed by atoms with Gasteiger partial charge in [0, 0.05) is 17.9 Å². The van der Waals surface area contributed by atoms with Gasteiger partial charge in [-0.2, -0.15) is 0 Å². The third-order valence-electron chi connectivity index (χ3n) is 5.30. The molecule has 3 nitrogen and oxygen atoms in total. The number of hydrogen-bond donors (Lipinski definition) is 2. The largest absolute Gasteiger partial charge is 0.355 e. The number of carbonyl (C=O) groups excluding carboxylic acids is 1. The molecule has 2 fully saturated rings. The van der Waals surface area contributed by atoms with E-state index in [4.69, 9.17) is 0 Å². The highest BCUT2D eigenvalue weighted by Crippen LogP contribution is 2.43. The fourth-order valence-corrected chi connectivity index (χ4v) is 3.27. The third-order valence-corrected chi connectivity index (χ3v) is 5.30. The van der Waals surface area contributed by atoms with Crippen molar-refractivity contribution in [2.45, 2.75) is 31.6 Å². The van der Waals surface area contributed by atoms with Crippen LogP contribution in [0.1, 0.15) is 31.7 Å². The molecule has 1 atom stereocenters. The normalized spacial score (nSPS) is 22.0. The number of nitrogens with one attached hydrogen (secondary N) is 2. The van der Waals surface area contributed by atoms with E-state index in [1.807, 2.05) is 19.1 Å². The van der Waals surface area contributed by atoms with Gasteiger partial charge in [-0.15, -0.1) is 0 Å². The van der Waals surface area contributed by atoms with Crippen molar-refractivity contribution in [2.24, 2.45) is 11.8 Å². The molecule has 0 aromatic heterocycles. The second kappa shape index (κ2) is 5.76. The number of benzene rings is 1. The van der Waals surface area contributed by atoms with E-state index < -0.39 is 0 Å². The van der Waals surface area contributed by atoms with E-state index in [-0.39, 0.29) is 23.1 Å². The predicted octanol–water partition coefficient (Wildman–Crippen LogP) is 2.22. The van der Waals surface area contributed by atoms with Crippen LogP contribution < -0.4 is 10.6 Å². The number of amides is 1. The molecule has 1 unspecified atom stereocenters. The van der Waals surface area contributed by atoms with Gasteiger partial charge in [0.2, 0.25) is 5.91 Å². The Balaban J connectivity index is 1.61. The lowest BCUT2D eigenvalue weighted by molar-refractivity contribution is -0.127. The zero-order chi connectivity index (χ0) is 14.9. The molecule has 1 aromatic carbocycles. The zero-order valence-corrected chi connectivity index (χ0v) is 12.5. The van der Waals surface area contributed by atoms with Crippen LogP contribution in [0.4, 0.5) is 4.39 Å². The summed E-state index contributed by atoms with van der Waals surface area (Å²) in [6.45, 7) is 4.56. The Hall–Kier alpha value is -1.42. The summed E-state index contributed by atoms with van der Waals surface area (Å²) in [5.74, 6) is 0.475. The lowest BCUT2D eigenvalue weighted by Crippen LogP contribution is -2.52. The SMILES string of the molecule is CC(C(=O)NCC1(c2ccc(F)cc2)CCC1)C1CNC1. The molecule has 1 heterocycles. The van der Waals surface area contributed by atoms with Crippen LogP contribution in [0.25, 0.3) is 0 Å². The van der Waals surface area contributed by atoms with Crippen molar-refractivity contribution in [3.8, 4) is 0 Å². The minimum Gasteiger partial charge on any atom is -0.355 e. The molecule has 2 aliphatic rings. The van der Waals surface area contributed by atoms with Gasteiger partial charge < -0.3 is 10.6 Å². The molecule has 114 valence electrons. The quantitative estimate of drug-likeness (QED) is 0.873. The van der Waals surface area contributed by atoms with Crippen LogP contribution in [0.15, 0.2) is 24.3 Å². The minimum atomic E-state index is -0.205. The molecular formula is C17H23FN2O. The van der Waals surface area contributed by atoms with E-state index >= 15 is 0 Å². The Labute approximate surface area is 125 Å². The molecule has 2 N–H and O–H groups in total. The molecule has 1 saturated heterocycles. The summed E-state index contributed by atoms with van der Waals surface area (Å²) in [6, 6.07) is 6.75. The number of carbonyl (C=O) groups is 1. The molecule has 4 heteroatoms. The van der Waals surface area contributed by atoms with Crippen molar-refractivity contribution >= 4 is 5.91 Å². The molecule has 1 aromatic rings. The maximum absolute atomic E-state index is 13.1. The van der Waals surface area contributed by atoms with Crippen molar-refractivity contribution in [1.82, 2.24) is 10.6 Å². The summed E-state index contributed by atoms with van der Waals surface area (Å²) in [7, 11) is 0. The first kappa shape index (κ1) is 14.5. The van der Waals surface area contributed by atoms with Crippen LogP contribution in [0.2, 0.25) is 0 Å². The summed E-state index contributed by atoms with van der Waals surface area (Å²) in [4.78, 5) is 12.3. The second-order valence-corrected chi connectivity index (χ2v) is 6.57. The lowest BCUT2D eigenvalue weighted by Gasteiger charge is -2.43. The van der Waals surface area contributed by atoms with E-state index in [0.29, 0.717) is 12.5 Å². The topological polar surface area (TPSA) is 41.1 Å². The standard InChI is InChI=1S/C17H23FN2O/c1-12(13-9-19-10-13)16(21)20-11-17(7-2-8-17)14-3-5-15(18)6-4-14/h3-6,12-13,19H,2,7-11H2,1H3,(H,20,21). The molecule has 1 saturated carbocycles. The van der Waals surface area contributed by atoms with Crippen LogP contribution in [-0.4, -0.2) is 25.5 Å². The number of hydrogen-bond acceptors (Lipinski definition) is 2. The average molecular weight is 290 g/mol. The van der Waals surface area contributed by atoms with Gasteiger partial charge in [-0.3, -0.25) is 4.79 Å².